The van der Waals surface area contributed by atoms with Crippen molar-refractivity contribution in [3.8, 4) is 0 Å². The van der Waals surface area contributed by atoms with Gasteiger partial charge in [-0.15, -0.1) is 0 Å². The Morgan fingerprint density at radius 1 is 1.44 bits per heavy atom. The average Bonchev–Trinajstić information content (AvgIpc) is 2.33. The van der Waals surface area contributed by atoms with E-state index in [1.807, 2.05) is 24.3 Å². The molecule has 0 aliphatic heterocycles. The van der Waals surface area contributed by atoms with E-state index in [1.165, 1.54) is 0 Å². The van der Waals surface area contributed by atoms with Crippen LogP contribution in [0.2, 0.25) is 0 Å². The van der Waals surface area contributed by atoms with E-state index < -0.39 is 0 Å². The second-order valence-electron chi connectivity index (χ2n) is 3.31. The quantitative estimate of drug-likeness (QED) is 0.421. The predicted octanol–water partition coefficient (Wildman–Crippen LogP) is 2.83. The fourth-order valence-corrected chi connectivity index (χ4v) is 1.46. The molecular formula is C11H15N3O2. The highest BCUT2D eigenvalue weighted by Crippen LogP contribution is 2.18. The van der Waals surface area contributed by atoms with Crippen molar-refractivity contribution in [3.63, 3.8) is 0 Å². The Bertz CT molecular complexity index is 375. The number of hydrogen-bond acceptors (Lipinski definition) is 3. The molecule has 1 aromatic carbocycles. The van der Waals surface area contributed by atoms with Gasteiger partial charge in [-0.05, 0) is 16.7 Å². The van der Waals surface area contributed by atoms with Crippen molar-refractivity contribution in [2.24, 2.45) is 5.11 Å². The standard InChI is InChI=1S/C11H15N3O2/c1-15-8-11(16-2)10-5-3-4-9(6-10)7-13-14-12/h3-6,11H,7-8H2,1-2H3. The normalized spacial score (nSPS) is 11.9. The Morgan fingerprint density at radius 2 is 2.25 bits per heavy atom. The van der Waals surface area contributed by atoms with Gasteiger partial charge in [-0.2, -0.15) is 0 Å². The SMILES string of the molecule is COCC(OC)c1cccc(CN=[N+]=[N-])c1. The van der Waals surface area contributed by atoms with Crippen LogP contribution in [0.3, 0.4) is 0 Å². The molecular weight excluding hydrogens is 206 g/mol. The van der Waals surface area contributed by atoms with Crippen LogP contribution in [0.25, 0.3) is 10.4 Å². The molecule has 1 rings (SSSR count). The molecule has 0 fully saturated rings. The summed E-state index contributed by atoms with van der Waals surface area (Å²) >= 11 is 0. The first-order valence-corrected chi connectivity index (χ1v) is 4.93. The van der Waals surface area contributed by atoms with E-state index in [2.05, 4.69) is 10.0 Å². The third kappa shape index (κ3) is 3.55. The van der Waals surface area contributed by atoms with Crippen LogP contribution in [0.1, 0.15) is 17.2 Å². The summed E-state index contributed by atoms with van der Waals surface area (Å²) in [5.41, 5.74) is 10.2. The Kier molecular flexibility index (Phi) is 5.36. The Labute approximate surface area is 94.6 Å². The van der Waals surface area contributed by atoms with Crippen molar-refractivity contribution in [2.75, 3.05) is 20.8 Å². The molecule has 0 bridgehead atoms. The monoisotopic (exact) mass is 221 g/mol. The largest absolute Gasteiger partial charge is 0.382 e. The second kappa shape index (κ2) is 6.85. The van der Waals surface area contributed by atoms with Crippen molar-refractivity contribution in [3.05, 3.63) is 45.8 Å². The van der Waals surface area contributed by atoms with Gasteiger partial charge in [-0.1, -0.05) is 29.4 Å². The smallest absolute Gasteiger partial charge is 0.105 e. The van der Waals surface area contributed by atoms with E-state index in [0.717, 1.165) is 11.1 Å². The number of methoxy groups -OCH3 is 2. The summed E-state index contributed by atoms with van der Waals surface area (Å²) in [7, 11) is 3.28. The molecule has 1 atom stereocenters. The predicted molar refractivity (Wildman–Crippen MR) is 60.9 cm³/mol. The minimum atomic E-state index is -0.0870. The van der Waals surface area contributed by atoms with Gasteiger partial charge in [0, 0.05) is 19.1 Å². The van der Waals surface area contributed by atoms with Crippen molar-refractivity contribution in [1.29, 1.82) is 0 Å². The molecule has 1 aromatic rings. The molecule has 0 amide bonds. The summed E-state index contributed by atoms with van der Waals surface area (Å²) in [5.74, 6) is 0. The molecule has 5 heteroatoms. The number of azide groups is 1. The summed E-state index contributed by atoms with van der Waals surface area (Å²) < 4.78 is 10.4. The molecule has 0 N–H and O–H groups in total. The zero-order valence-corrected chi connectivity index (χ0v) is 9.46. The average molecular weight is 221 g/mol. The molecule has 86 valence electrons. The van der Waals surface area contributed by atoms with Crippen LogP contribution in [-0.2, 0) is 16.0 Å². The lowest BCUT2D eigenvalue weighted by Crippen LogP contribution is -2.08. The lowest BCUT2D eigenvalue weighted by molar-refractivity contribution is 0.0274. The maximum atomic E-state index is 8.25. The van der Waals surface area contributed by atoms with Gasteiger partial charge >= 0.3 is 0 Å². The van der Waals surface area contributed by atoms with E-state index >= 15 is 0 Å². The molecule has 0 aromatic heterocycles. The third-order valence-corrected chi connectivity index (χ3v) is 2.24. The van der Waals surface area contributed by atoms with Crippen molar-refractivity contribution in [2.45, 2.75) is 12.6 Å². The van der Waals surface area contributed by atoms with Gasteiger partial charge < -0.3 is 9.47 Å². The second-order valence-corrected chi connectivity index (χ2v) is 3.31. The topological polar surface area (TPSA) is 67.2 Å². The zero-order valence-electron chi connectivity index (χ0n) is 9.46. The minimum absolute atomic E-state index is 0.0870. The van der Waals surface area contributed by atoms with Crippen LogP contribution in [0.4, 0.5) is 0 Å². The zero-order chi connectivity index (χ0) is 11.8. The van der Waals surface area contributed by atoms with E-state index in [0.29, 0.717) is 13.2 Å². The number of rotatable bonds is 6. The number of hydrogen-bond donors (Lipinski definition) is 0. The molecule has 1 unspecified atom stereocenters. The molecule has 5 nitrogen and oxygen atoms in total. The molecule has 0 aliphatic carbocycles. The third-order valence-electron chi connectivity index (χ3n) is 2.24. The molecule has 16 heavy (non-hydrogen) atoms. The first kappa shape index (κ1) is 12.5. The fraction of sp³-hybridized carbons (Fsp3) is 0.455. The summed E-state index contributed by atoms with van der Waals surface area (Å²) in [5, 5.41) is 3.52. The van der Waals surface area contributed by atoms with Gasteiger partial charge in [-0.3, -0.25) is 0 Å². The molecule has 0 aliphatic rings. The van der Waals surface area contributed by atoms with Crippen LogP contribution >= 0.6 is 0 Å². The van der Waals surface area contributed by atoms with Crippen LogP contribution in [-0.4, -0.2) is 20.8 Å². The van der Waals surface area contributed by atoms with Crippen molar-refractivity contribution < 1.29 is 9.47 Å². The molecule has 0 radical (unpaired) electrons. The lowest BCUT2D eigenvalue weighted by atomic mass is 10.1. The van der Waals surface area contributed by atoms with Gasteiger partial charge in [0.1, 0.15) is 6.10 Å². The number of benzene rings is 1. The Hall–Kier alpha value is -1.55. The van der Waals surface area contributed by atoms with Crippen LogP contribution in [0, 0.1) is 0 Å². The fourth-order valence-electron chi connectivity index (χ4n) is 1.46. The molecule has 0 spiro atoms. The van der Waals surface area contributed by atoms with E-state index in [4.69, 9.17) is 15.0 Å². The van der Waals surface area contributed by atoms with Gasteiger partial charge in [0.05, 0.1) is 13.2 Å². The van der Waals surface area contributed by atoms with E-state index in [9.17, 15) is 0 Å². The van der Waals surface area contributed by atoms with E-state index in [1.54, 1.807) is 14.2 Å². The molecule has 0 saturated carbocycles. The highest BCUT2D eigenvalue weighted by atomic mass is 16.5. The highest BCUT2D eigenvalue weighted by molar-refractivity contribution is 5.25. The summed E-state index contributed by atoms with van der Waals surface area (Å²) in [4.78, 5) is 2.73. The Balaban J connectivity index is 2.82. The van der Waals surface area contributed by atoms with E-state index in [-0.39, 0.29) is 6.10 Å². The van der Waals surface area contributed by atoms with Gasteiger partial charge in [-0.25, -0.2) is 0 Å². The number of nitrogens with zero attached hydrogens (tertiary/aromatic N) is 3. The van der Waals surface area contributed by atoms with Crippen molar-refractivity contribution in [1.82, 2.24) is 0 Å². The van der Waals surface area contributed by atoms with Gasteiger partial charge in [0.25, 0.3) is 0 Å². The highest BCUT2D eigenvalue weighted by Gasteiger charge is 2.09. The first-order chi connectivity index (χ1) is 7.81. The number of ether oxygens (including phenoxy) is 2. The maximum Gasteiger partial charge on any atom is 0.105 e. The van der Waals surface area contributed by atoms with Gasteiger partial charge in [0.15, 0.2) is 0 Å². The van der Waals surface area contributed by atoms with Crippen LogP contribution in [0.15, 0.2) is 29.4 Å². The maximum absolute atomic E-state index is 8.25. The lowest BCUT2D eigenvalue weighted by Gasteiger charge is -2.15. The van der Waals surface area contributed by atoms with Crippen molar-refractivity contribution >= 4 is 0 Å². The minimum Gasteiger partial charge on any atom is -0.382 e. The van der Waals surface area contributed by atoms with Crippen LogP contribution < -0.4 is 0 Å². The summed E-state index contributed by atoms with van der Waals surface area (Å²) in [6.07, 6.45) is -0.0870. The van der Waals surface area contributed by atoms with Gasteiger partial charge in [0.2, 0.25) is 0 Å². The molecule has 0 saturated heterocycles. The summed E-state index contributed by atoms with van der Waals surface area (Å²) in [6.45, 7) is 0.856. The Morgan fingerprint density at radius 3 is 2.88 bits per heavy atom. The first-order valence-electron chi connectivity index (χ1n) is 4.93. The molecule has 0 heterocycles. The summed E-state index contributed by atoms with van der Waals surface area (Å²) in [6, 6.07) is 7.76. The van der Waals surface area contributed by atoms with Crippen LogP contribution in [0.5, 0.6) is 0 Å².